The van der Waals surface area contributed by atoms with Gasteiger partial charge in [-0.1, -0.05) is 51.1 Å². The maximum absolute atomic E-state index is 15.2. The molecule has 0 saturated carbocycles. The van der Waals surface area contributed by atoms with Gasteiger partial charge in [0.25, 0.3) is 5.56 Å². The number of aliphatic hydroxyl groups is 1. The molecule has 5 aromatic rings. The summed E-state index contributed by atoms with van der Waals surface area (Å²) in [4.78, 5) is 17.7. The van der Waals surface area contributed by atoms with Crippen molar-refractivity contribution >= 4 is 10.8 Å². The van der Waals surface area contributed by atoms with Gasteiger partial charge in [0, 0.05) is 28.9 Å². The van der Waals surface area contributed by atoms with Gasteiger partial charge in [-0.15, -0.1) is 0 Å². The molecule has 0 amide bonds. The van der Waals surface area contributed by atoms with Gasteiger partial charge in [0.05, 0.1) is 29.4 Å². The lowest BCUT2D eigenvalue weighted by Gasteiger charge is -2.20. The van der Waals surface area contributed by atoms with Crippen LogP contribution in [0.25, 0.3) is 33.5 Å². The Labute approximate surface area is 211 Å². The number of pyridine rings is 1. The molecule has 0 aliphatic rings. The molecule has 9 heteroatoms. The lowest BCUT2D eigenvalue weighted by atomic mass is 9.86. The Hall–Kier alpha value is -4.68. The zero-order valence-electron chi connectivity index (χ0n) is 20.5. The molecule has 184 valence electrons. The summed E-state index contributed by atoms with van der Waals surface area (Å²) in [6.07, 6.45) is 4.40. The second kappa shape index (κ2) is 9.08. The molecule has 0 radical (unpaired) electrons. The van der Waals surface area contributed by atoms with Crippen LogP contribution >= 0.6 is 0 Å². The zero-order valence-corrected chi connectivity index (χ0v) is 20.5. The van der Waals surface area contributed by atoms with Crippen LogP contribution in [0, 0.1) is 17.1 Å². The summed E-state index contributed by atoms with van der Waals surface area (Å²) in [5.74, 6) is -0.606. The van der Waals surface area contributed by atoms with Crippen LogP contribution in [0.4, 0.5) is 4.39 Å². The number of aliphatic hydroxyl groups excluding tert-OH is 1. The van der Waals surface area contributed by atoms with Crippen molar-refractivity contribution in [2.24, 2.45) is 0 Å². The first kappa shape index (κ1) is 24.0. The van der Waals surface area contributed by atoms with E-state index in [0.717, 1.165) is 15.8 Å². The molecule has 0 atom stereocenters. The third-order valence-electron chi connectivity index (χ3n) is 6.20. The number of halogens is 1. The van der Waals surface area contributed by atoms with Gasteiger partial charge >= 0.3 is 0 Å². The van der Waals surface area contributed by atoms with Crippen molar-refractivity contribution in [2.45, 2.75) is 32.8 Å². The van der Waals surface area contributed by atoms with Crippen molar-refractivity contribution < 1.29 is 9.50 Å². The Morgan fingerprint density at radius 2 is 1.89 bits per heavy atom. The standard InChI is InChI=1S/C28H23FN6O2/c1-28(2,3)20-11-18-14-32-35(27(37)24(18)22(29)12-20)26-21(16-36)23(9-10-31-26)34-15-19(13-30)25(33-34)17-7-5-4-6-8-17/h4-12,14-15,36H,16H2,1-3H3. The Bertz CT molecular complexity index is 1740. The molecule has 0 fully saturated rings. The minimum atomic E-state index is -0.696. The predicted octanol–water partition coefficient (Wildman–Crippen LogP) is 4.43. The fraction of sp³-hybridized carbons (Fsp3) is 0.179. The number of hydrogen-bond donors (Lipinski definition) is 1. The molecule has 0 bridgehead atoms. The van der Waals surface area contributed by atoms with Gasteiger partial charge in [0.2, 0.25) is 0 Å². The van der Waals surface area contributed by atoms with Gasteiger partial charge in [0.15, 0.2) is 5.82 Å². The maximum Gasteiger partial charge on any atom is 0.283 e. The molecule has 0 unspecified atom stereocenters. The monoisotopic (exact) mass is 494 g/mol. The van der Waals surface area contributed by atoms with E-state index in [0.29, 0.717) is 22.3 Å². The summed E-state index contributed by atoms with van der Waals surface area (Å²) in [6, 6.07) is 16.1. The van der Waals surface area contributed by atoms with Crippen LogP contribution in [0.3, 0.4) is 0 Å². The molecular formula is C28H23FN6O2. The van der Waals surface area contributed by atoms with Gasteiger partial charge in [0.1, 0.15) is 17.6 Å². The number of nitriles is 1. The average Bonchev–Trinajstić information content (AvgIpc) is 3.32. The summed E-state index contributed by atoms with van der Waals surface area (Å²) in [5.41, 5.74) is 1.96. The van der Waals surface area contributed by atoms with Crippen molar-refractivity contribution in [3.63, 3.8) is 0 Å². The Morgan fingerprint density at radius 3 is 2.57 bits per heavy atom. The number of aromatic nitrogens is 5. The summed E-state index contributed by atoms with van der Waals surface area (Å²) >= 11 is 0. The smallest absolute Gasteiger partial charge is 0.283 e. The van der Waals surface area contributed by atoms with Gasteiger partial charge in [-0.2, -0.15) is 20.1 Å². The topological polar surface area (TPSA) is 110 Å². The molecule has 0 saturated heterocycles. The first-order chi connectivity index (χ1) is 17.7. The highest BCUT2D eigenvalue weighted by Crippen LogP contribution is 2.28. The fourth-order valence-corrected chi connectivity index (χ4v) is 4.23. The molecule has 8 nitrogen and oxygen atoms in total. The molecular weight excluding hydrogens is 471 g/mol. The van der Waals surface area contributed by atoms with Crippen molar-refractivity contribution in [3.05, 3.63) is 100.0 Å². The molecule has 5 rings (SSSR count). The van der Waals surface area contributed by atoms with Crippen LogP contribution in [-0.4, -0.2) is 29.7 Å². The first-order valence-electron chi connectivity index (χ1n) is 11.6. The molecule has 3 aromatic heterocycles. The number of rotatable bonds is 4. The van der Waals surface area contributed by atoms with Crippen molar-refractivity contribution in [3.8, 4) is 28.8 Å². The van der Waals surface area contributed by atoms with E-state index in [2.05, 4.69) is 21.3 Å². The van der Waals surface area contributed by atoms with E-state index in [1.54, 1.807) is 18.3 Å². The fourth-order valence-electron chi connectivity index (χ4n) is 4.23. The van der Waals surface area contributed by atoms with E-state index >= 15 is 4.39 Å². The van der Waals surface area contributed by atoms with Crippen molar-refractivity contribution in [1.82, 2.24) is 24.5 Å². The largest absolute Gasteiger partial charge is 0.391 e. The number of hydrogen-bond acceptors (Lipinski definition) is 6. The third kappa shape index (κ3) is 4.17. The van der Waals surface area contributed by atoms with E-state index in [4.69, 9.17) is 0 Å². The molecule has 37 heavy (non-hydrogen) atoms. The first-order valence-corrected chi connectivity index (χ1v) is 11.6. The van der Waals surface area contributed by atoms with E-state index in [1.165, 1.54) is 23.1 Å². The van der Waals surface area contributed by atoms with Gasteiger partial charge < -0.3 is 5.11 Å². The van der Waals surface area contributed by atoms with E-state index in [9.17, 15) is 15.2 Å². The zero-order chi connectivity index (χ0) is 26.3. The third-order valence-corrected chi connectivity index (χ3v) is 6.20. The SMILES string of the molecule is CC(C)(C)c1cc(F)c2c(=O)n(-c3nccc(-n4cc(C#N)c(-c5ccccc5)n4)c3CO)ncc2c1. The molecule has 0 aliphatic carbocycles. The van der Waals surface area contributed by atoms with Gasteiger partial charge in [-0.3, -0.25) is 4.79 Å². The Morgan fingerprint density at radius 1 is 1.14 bits per heavy atom. The minimum Gasteiger partial charge on any atom is -0.391 e. The highest BCUT2D eigenvalue weighted by Gasteiger charge is 2.22. The van der Waals surface area contributed by atoms with Crippen LogP contribution in [0.5, 0.6) is 0 Å². The van der Waals surface area contributed by atoms with Crippen LogP contribution in [0.1, 0.15) is 37.5 Å². The molecule has 0 spiro atoms. The summed E-state index contributed by atoms with van der Waals surface area (Å²) in [6.45, 7) is 5.38. The highest BCUT2D eigenvalue weighted by molar-refractivity contribution is 5.82. The van der Waals surface area contributed by atoms with E-state index in [-0.39, 0.29) is 22.2 Å². The van der Waals surface area contributed by atoms with Crippen molar-refractivity contribution in [1.29, 1.82) is 5.26 Å². The Kier molecular flexibility index (Phi) is 5.90. The second-order valence-electron chi connectivity index (χ2n) is 9.64. The summed E-state index contributed by atoms with van der Waals surface area (Å²) < 4.78 is 17.6. The normalized spacial score (nSPS) is 11.6. The lowest BCUT2D eigenvalue weighted by Crippen LogP contribution is -2.25. The average molecular weight is 495 g/mol. The highest BCUT2D eigenvalue weighted by atomic mass is 19.1. The Balaban J connectivity index is 1.69. The number of benzene rings is 2. The van der Waals surface area contributed by atoms with Gasteiger partial charge in [-0.25, -0.2) is 14.1 Å². The van der Waals surface area contributed by atoms with Crippen LogP contribution in [0.15, 0.2) is 71.9 Å². The molecule has 3 heterocycles. The summed E-state index contributed by atoms with van der Waals surface area (Å²) in [5, 5.41) is 29.1. The van der Waals surface area contributed by atoms with Crippen LogP contribution < -0.4 is 5.56 Å². The predicted molar refractivity (Wildman–Crippen MR) is 137 cm³/mol. The van der Waals surface area contributed by atoms with E-state index < -0.39 is 18.0 Å². The van der Waals surface area contributed by atoms with Crippen molar-refractivity contribution in [2.75, 3.05) is 0 Å². The number of nitrogens with zero attached hydrogens (tertiary/aromatic N) is 6. The molecule has 0 aliphatic heterocycles. The van der Waals surface area contributed by atoms with Gasteiger partial charge in [-0.05, 0) is 29.2 Å². The summed E-state index contributed by atoms with van der Waals surface area (Å²) in [7, 11) is 0. The van der Waals surface area contributed by atoms with E-state index in [1.807, 2.05) is 51.1 Å². The van der Waals surface area contributed by atoms with Crippen LogP contribution in [-0.2, 0) is 12.0 Å². The second-order valence-corrected chi connectivity index (χ2v) is 9.64. The quantitative estimate of drug-likeness (QED) is 0.396. The maximum atomic E-state index is 15.2. The molecule has 2 aromatic carbocycles. The lowest BCUT2D eigenvalue weighted by molar-refractivity contribution is 0.280. The minimum absolute atomic E-state index is 0.0430. The molecule has 1 N–H and O–H groups in total. The van der Waals surface area contributed by atoms with Crippen LogP contribution in [0.2, 0.25) is 0 Å². The number of fused-ring (bicyclic) bond motifs is 1.